The summed E-state index contributed by atoms with van der Waals surface area (Å²) in [5.41, 5.74) is 1.90. The van der Waals surface area contributed by atoms with Crippen LogP contribution in [0.3, 0.4) is 0 Å². The molecular weight excluding hydrogens is 374 g/mol. The first-order chi connectivity index (χ1) is 11.1. The van der Waals surface area contributed by atoms with Gasteiger partial charge in [0.1, 0.15) is 0 Å². The summed E-state index contributed by atoms with van der Waals surface area (Å²) in [6.45, 7) is 0.627. The summed E-state index contributed by atoms with van der Waals surface area (Å²) in [6, 6.07) is 13.9. The molecule has 0 aliphatic carbocycles. The van der Waals surface area contributed by atoms with Gasteiger partial charge in [-0.1, -0.05) is 18.2 Å². The fourth-order valence-corrected chi connectivity index (χ4v) is 3.78. The van der Waals surface area contributed by atoms with E-state index in [0.29, 0.717) is 13.0 Å². The van der Waals surface area contributed by atoms with Crippen molar-refractivity contribution in [3.05, 3.63) is 69.1 Å². The first-order valence-electron chi connectivity index (χ1n) is 7.19. The number of aromatic nitrogens is 2. The van der Waals surface area contributed by atoms with Crippen LogP contribution in [0.5, 0.6) is 0 Å². The predicted molar refractivity (Wildman–Crippen MR) is 95.8 cm³/mol. The number of hydrogen-bond donors (Lipinski definition) is 0. The van der Waals surface area contributed by atoms with Crippen LogP contribution in [-0.2, 0) is 17.8 Å². The molecule has 0 spiro atoms. The van der Waals surface area contributed by atoms with Gasteiger partial charge in [0.15, 0.2) is 0 Å². The van der Waals surface area contributed by atoms with Crippen LogP contribution in [0, 0.1) is 0 Å². The van der Waals surface area contributed by atoms with E-state index in [1.807, 2.05) is 55.7 Å². The molecule has 0 radical (unpaired) electrons. The molecule has 2 aromatic heterocycles. The van der Waals surface area contributed by atoms with E-state index >= 15 is 0 Å². The maximum absolute atomic E-state index is 12.4. The smallest absolute Gasteiger partial charge is 0.227 e. The number of rotatable bonds is 5. The number of carbonyl (C=O) groups excluding carboxylic acids is 1. The molecule has 0 fully saturated rings. The van der Waals surface area contributed by atoms with Gasteiger partial charge in [-0.25, -0.2) is 4.68 Å². The van der Waals surface area contributed by atoms with Gasteiger partial charge >= 0.3 is 0 Å². The summed E-state index contributed by atoms with van der Waals surface area (Å²) in [5, 5.41) is 4.33. The summed E-state index contributed by atoms with van der Waals surface area (Å²) >= 11 is 5.09. The highest BCUT2D eigenvalue weighted by Crippen LogP contribution is 2.23. The third-order valence-electron chi connectivity index (χ3n) is 3.46. The van der Waals surface area contributed by atoms with Crippen LogP contribution in [0.15, 0.2) is 58.6 Å². The molecule has 118 valence electrons. The molecule has 0 aliphatic heterocycles. The fourth-order valence-electron chi connectivity index (χ4n) is 2.24. The van der Waals surface area contributed by atoms with E-state index < -0.39 is 0 Å². The van der Waals surface area contributed by atoms with Crippen molar-refractivity contribution in [2.45, 2.75) is 13.0 Å². The van der Waals surface area contributed by atoms with Crippen molar-refractivity contribution in [1.82, 2.24) is 14.7 Å². The molecule has 0 saturated carbocycles. The minimum absolute atomic E-state index is 0.0853. The highest BCUT2D eigenvalue weighted by atomic mass is 79.9. The Morgan fingerprint density at radius 3 is 2.74 bits per heavy atom. The zero-order chi connectivity index (χ0) is 16.2. The van der Waals surface area contributed by atoms with Gasteiger partial charge in [0.05, 0.1) is 28.6 Å². The second-order valence-electron chi connectivity index (χ2n) is 5.26. The number of hydrogen-bond acceptors (Lipinski definition) is 3. The average molecular weight is 390 g/mol. The first-order valence-corrected chi connectivity index (χ1v) is 8.80. The van der Waals surface area contributed by atoms with Crippen molar-refractivity contribution in [1.29, 1.82) is 0 Å². The molecule has 23 heavy (non-hydrogen) atoms. The Balaban J connectivity index is 1.63. The Morgan fingerprint density at radius 2 is 2.04 bits per heavy atom. The van der Waals surface area contributed by atoms with Gasteiger partial charge in [-0.15, -0.1) is 11.3 Å². The number of carbonyl (C=O) groups is 1. The second-order valence-corrected chi connectivity index (χ2v) is 7.81. The Bertz CT molecular complexity index is 797. The van der Waals surface area contributed by atoms with Crippen molar-refractivity contribution in [2.75, 3.05) is 7.05 Å². The topological polar surface area (TPSA) is 38.1 Å². The van der Waals surface area contributed by atoms with Crippen molar-refractivity contribution in [3.8, 4) is 5.69 Å². The van der Waals surface area contributed by atoms with E-state index in [4.69, 9.17) is 0 Å². The van der Waals surface area contributed by atoms with Crippen LogP contribution < -0.4 is 0 Å². The van der Waals surface area contributed by atoms with Crippen LogP contribution in [-0.4, -0.2) is 27.6 Å². The number of amides is 1. The standard InChI is InChI=1S/C17H16BrN3OS/c1-20(12-15-7-8-16(18)23-15)17(22)9-13-10-19-21(11-13)14-5-3-2-4-6-14/h2-8,10-11H,9,12H2,1H3. The van der Waals surface area contributed by atoms with E-state index in [2.05, 4.69) is 21.0 Å². The Kier molecular flexibility index (Phi) is 4.93. The summed E-state index contributed by atoms with van der Waals surface area (Å²) in [6.07, 6.45) is 4.01. The lowest BCUT2D eigenvalue weighted by atomic mass is 10.2. The number of thiophene rings is 1. The Labute approximate surface area is 147 Å². The van der Waals surface area contributed by atoms with Crippen molar-refractivity contribution < 1.29 is 4.79 Å². The molecule has 3 rings (SSSR count). The Hall–Kier alpha value is -1.92. The lowest BCUT2D eigenvalue weighted by molar-refractivity contribution is -0.129. The molecule has 0 atom stereocenters. The van der Waals surface area contributed by atoms with Gasteiger partial charge in [0, 0.05) is 18.1 Å². The number of nitrogens with zero attached hydrogens (tertiary/aromatic N) is 3. The van der Waals surface area contributed by atoms with Gasteiger partial charge < -0.3 is 4.90 Å². The number of likely N-dealkylation sites (N-methyl/N-ethyl adjacent to an activating group) is 1. The van der Waals surface area contributed by atoms with Crippen LogP contribution >= 0.6 is 27.3 Å². The van der Waals surface area contributed by atoms with Crippen LogP contribution in [0.4, 0.5) is 0 Å². The molecule has 6 heteroatoms. The highest BCUT2D eigenvalue weighted by Gasteiger charge is 2.12. The minimum Gasteiger partial charge on any atom is -0.340 e. The number of benzene rings is 1. The monoisotopic (exact) mass is 389 g/mol. The van der Waals surface area contributed by atoms with Gasteiger partial charge in [-0.2, -0.15) is 5.10 Å². The summed E-state index contributed by atoms with van der Waals surface area (Å²) < 4.78 is 2.87. The molecule has 0 saturated heterocycles. The highest BCUT2D eigenvalue weighted by molar-refractivity contribution is 9.11. The molecule has 3 aromatic rings. The van der Waals surface area contributed by atoms with Crippen molar-refractivity contribution in [3.63, 3.8) is 0 Å². The maximum Gasteiger partial charge on any atom is 0.227 e. The minimum atomic E-state index is 0.0853. The third kappa shape index (κ3) is 4.09. The van der Waals surface area contributed by atoms with Crippen LogP contribution in [0.2, 0.25) is 0 Å². The molecule has 2 heterocycles. The van der Waals surface area contributed by atoms with Gasteiger partial charge in [-0.05, 0) is 45.8 Å². The quantitative estimate of drug-likeness (QED) is 0.663. The summed E-state index contributed by atoms with van der Waals surface area (Å²) in [7, 11) is 1.83. The van der Waals surface area contributed by atoms with Gasteiger partial charge in [-0.3, -0.25) is 4.79 Å². The molecule has 0 N–H and O–H groups in total. The van der Waals surface area contributed by atoms with E-state index in [1.165, 1.54) is 0 Å². The second kappa shape index (κ2) is 7.10. The van der Waals surface area contributed by atoms with Crippen LogP contribution in [0.25, 0.3) is 5.69 Å². The first kappa shape index (κ1) is 16.0. The van der Waals surface area contributed by atoms with Crippen molar-refractivity contribution in [2.24, 2.45) is 0 Å². The molecule has 0 unspecified atom stereocenters. The average Bonchev–Trinajstić information content (AvgIpc) is 3.17. The lowest BCUT2D eigenvalue weighted by Crippen LogP contribution is -2.27. The van der Waals surface area contributed by atoms with Crippen LogP contribution in [0.1, 0.15) is 10.4 Å². The van der Waals surface area contributed by atoms with Crippen molar-refractivity contribution >= 4 is 33.2 Å². The SMILES string of the molecule is CN(Cc1ccc(Br)s1)C(=O)Cc1cnn(-c2ccccc2)c1. The number of halogens is 1. The molecule has 1 amide bonds. The Morgan fingerprint density at radius 1 is 1.26 bits per heavy atom. The van der Waals surface area contributed by atoms with Gasteiger partial charge in [0.25, 0.3) is 0 Å². The molecule has 1 aromatic carbocycles. The van der Waals surface area contributed by atoms with E-state index in [0.717, 1.165) is 19.9 Å². The molecular formula is C17H16BrN3OS. The van der Waals surface area contributed by atoms with E-state index in [1.54, 1.807) is 27.1 Å². The van der Waals surface area contributed by atoms with Gasteiger partial charge in [0.2, 0.25) is 5.91 Å². The lowest BCUT2D eigenvalue weighted by Gasteiger charge is -2.15. The fraction of sp³-hybridized carbons (Fsp3) is 0.176. The van der Waals surface area contributed by atoms with E-state index in [-0.39, 0.29) is 5.91 Å². The summed E-state index contributed by atoms with van der Waals surface area (Å²) in [4.78, 5) is 15.3. The molecule has 0 bridgehead atoms. The normalized spacial score (nSPS) is 10.7. The zero-order valence-corrected chi connectivity index (χ0v) is 15.0. The number of para-hydroxylation sites is 1. The zero-order valence-electron chi connectivity index (χ0n) is 12.6. The molecule has 4 nitrogen and oxygen atoms in total. The molecule has 0 aliphatic rings. The third-order valence-corrected chi connectivity index (χ3v) is 5.07. The maximum atomic E-state index is 12.4. The summed E-state index contributed by atoms with van der Waals surface area (Å²) in [5.74, 6) is 0.0853. The van der Waals surface area contributed by atoms with E-state index in [9.17, 15) is 4.79 Å². The predicted octanol–water partition coefficient (Wildman–Crippen LogP) is 3.90. The largest absolute Gasteiger partial charge is 0.340 e.